The zero-order valence-corrected chi connectivity index (χ0v) is 12.3. The quantitative estimate of drug-likeness (QED) is 0.795. The Bertz CT molecular complexity index is 871. The molecule has 0 saturated carbocycles. The van der Waals surface area contributed by atoms with Gasteiger partial charge >= 0.3 is 5.97 Å². The molecule has 4 nitrogen and oxygen atoms in total. The van der Waals surface area contributed by atoms with Crippen LogP contribution in [0.2, 0.25) is 0 Å². The second-order valence-electron chi connectivity index (χ2n) is 5.06. The molecule has 0 aliphatic carbocycles. The van der Waals surface area contributed by atoms with E-state index in [2.05, 4.69) is 4.98 Å². The van der Waals surface area contributed by atoms with E-state index in [-0.39, 0.29) is 5.56 Å². The lowest BCUT2D eigenvalue weighted by Crippen LogP contribution is -2.01. The number of aromatic carboxylic acids is 1. The van der Waals surface area contributed by atoms with Crippen molar-refractivity contribution < 1.29 is 14.6 Å². The summed E-state index contributed by atoms with van der Waals surface area (Å²) in [6.07, 6.45) is 0. The van der Waals surface area contributed by atoms with E-state index in [1.165, 1.54) is 0 Å². The van der Waals surface area contributed by atoms with Crippen molar-refractivity contribution in [2.75, 3.05) is 7.11 Å². The highest BCUT2D eigenvalue weighted by Gasteiger charge is 2.14. The lowest BCUT2D eigenvalue weighted by Gasteiger charge is -2.10. The van der Waals surface area contributed by atoms with Crippen LogP contribution in [0.1, 0.15) is 15.9 Å². The molecule has 3 aromatic rings. The van der Waals surface area contributed by atoms with Gasteiger partial charge in [0.25, 0.3) is 0 Å². The number of aryl methyl sites for hydroxylation is 1. The summed E-state index contributed by atoms with van der Waals surface area (Å²) < 4.78 is 5.17. The van der Waals surface area contributed by atoms with E-state index >= 15 is 0 Å². The second-order valence-corrected chi connectivity index (χ2v) is 5.06. The molecule has 110 valence electrons. The Morgan fingerprint density at radius 3 is 2.59 bits per heavy atom. The summed E-state index contributed by atoms with van der Waals surface area (Å²) in [6, 6.07) is 14.7. The highest BCUT2D eigenvalue weighted by atomic mass is 16.5. The molecule has 2 aromatic carbocycles. The van der Waals surface area contributed by atoms with Crippen molar-refractivity contribution in [3.05, 3.63) is 59.7 Å². The Balaban J connectivity index is 2.31. The van der Waals surface area contributed by atoms with Gasteiger partial charge in [0.1, 0.15) is 5.75 Å². The number of benzene rings is 2. The highest BCUT2D eigenvalue weighted by Crippen LogP contribution is 2.29. The van der Waals surface area contributed by atoms with Gasteiger partial charge in [0.2, 0.25) is 0 Å². The van der Waals surface area contributed by atoms with Gasteiger partial charge in [-0.05, 0) is 36.8 Å². The van der Waals surface area contributed by atoms with Crippen molar-refractivity contribution in [1.29, 1.82) is 0 Å². The number of carboxylic acids is 1. The number of carbonyl (C=O) groups is 1. The minimum atomic E-state index is -0.976. The van der Waals surface area contributed by atoms with Gasteiger partial charge in [-0.3, -0.25) is 0 Å². The number of hydrogen-bond donors (Lipinski definition) is 1. The summed E-state index contributed by atoms with van der Waals surface area (Å²) in [4.78, 5) is 16.2. The fourth-order valence-electron chi connectivity index (χ4n) is 2.51. The number of pyridine rings is 1. The molecular formula is C18H15NO3. The molecule has 22 heavy (non-hydrogen) atoms. The first kappa shape index (κ1) is 14.1. The SMILES string of the molecule is COc1ccc2nc(-c3ccccc3C)cc(C(=O)O)c2c1. The molecule has 1 N–H and O–H groups in total. The van der Waals surface area contributed by atoms with E-state index in [9.17, 15) is 9.90 Å². The Hall–Kier alpha value is -2.88. The van der Waals surface area contributed by atoms with Crippen LogP contribution in [0.15, 0.2) is 48.5 Å². The summed E-state index contributed by atoms with van der Waals surface area (Å²) in [5.41, 5.74) is 3.51. The maximum absolute atomic E-state index is 11.6. The maximum atomic E-state index is 11.6. The van der Waals surface area contributed by atoms with Gasteiger partial charge in [-0.1, -0.05) is 24.3 Å². The summed E-state index contributed by atoms with van der Waals surface area (Å²) in [5, 5.41) is 10.1. The number of hydrogen-bond acceptors (Lipinski definition) is 3. The third kappa shape index (κ3) is 2.39. The molecule has 0 spiro atoms. The third-order valence-corrected chi connectivity index (χ3v) is 3.67. The normalized spacial score (nSPS) is 10.6. The molecule has 0 bridgehead atoms. The molecule has 0 atom stereocenters. The van der Waals surface area contributed by atoms with Gasteiger partial charge in [0.05, 0.1) is 23.9 Å². The van der Waals surface area contributed by atoms with Gasteiger partial charge in [-0.2, -0.15) is 0 Å². The van der Waals surface area contributed by atoms with E-state index in [1.54, 1.807) is 31.4 Å². The molecule has 0 saturated heterocycles. The fraction of sp³-hybridized carbons (Fsp3) is 0.111. The van der Waals surface area contributed by atoms with Gasteiger partial charge in [0.15, 0.2) is 0 Å². The van der Waals surface area contributed by atoms with Crippen LogP contribution in [-0.4, -0.2) is 23.2 Å². The number of ether oxygens (including phenoxy) is 1. The molecule has 0 fully saturated rings. The molecule has 1 aromatic heterocycles. The first-order valence-corrected chi connectivity index (χ1v) is 6.88. The Morgan fingerprint density at radius 1 is 1.14 bits per heavy atom. The van der Waals surface area contributed by atoms with Crippen molar-refractivity contribution in [2.45, 2.75) is 6.92 Å². The van der Waals surface area contributed by atoms with Crippen LogP contribution < -0.4 is 4.74 Å². The monoisotopic (exact) mass is 293 g/mol. The van der Waals surface area contributed by atoms with Gasteiger partial charge in [-0.25, -0.2) is 9.78 Å². The van der Waals surface area contributed by atoms with Gasteiger partial charge in [-0.15, -0.1) is 0 Å². The molecule has 3 rings (SSSR count). The number of methoxy groups -OCH3 is 1. The predicted molar refractivity (Wildman–Crippen MR) is 85.4 cm³/mol. The molecule has 0 unspecified atom stereocenters. The van der Waals surface area contributed by atoms with Crippen molar-refractivity contribution in [1.82, 2.24) is 4.98 Å². The van der Waals surface area contributed by atoms with Crippen molar-refractivity contribution in [2.24, 2.45) is 0 Å². The van der Waals surface area contributed by atoms with E-state index in [4.69, 9.17) is 4.74 Å². The van der Waals surface area contributed by atoms with E-state index in [0.717, 1.165) is 11.1 Å². The summed E-state index contributed by atoms with van der Waals surface area (Å²) in [7, 11) is 1.55. The van der Waals surface area contributed by atoms with E-state index in [0.29, 0.717) is 22.3 Å². The molecule has 0 radical (unpaired) electrons. The van der Waals surface area contributed by atoms with Crippen LogP contribution >= 0.6 is 0 Å². The van der Waals surface area contributed by atoms with Crippen molar-refractivity contribution in [3.63, 3.8) is 0 Å². The van der Waals surface area contributed by atoms with Gasteiger partial charge < -0.3 is 9.84 Å². The Kier molecular flexibility index (Phi) is 3.51. The summed E-state index contributed by atoms with van der Waals surface area (Å²) in [5.74, 6) is -0.365. The molecule has 0 amide bonds. The minimum Gasteiger partial charge on any atom is -0.497 e. The van der Waals surface area contributed by atoms with Crippen molar-refractivity contribution in [3.8, 4) is 17.0 Å². The average Bonchev–Trinajstić information content (AvgIpc) is 2.53. The number of aromatic nitrogens is 1. The van der Waals surface area contributed by atoms with Gasteiger partial charge in [0, 0.05) is 10.9 Å². The molecule has 4 heteroatoms. The molecule has 1 heterocycles. The molecular weight excluding hydrogens is 278 g/mol. The van der Waals surface area contributed by atoms with Crippen LogP contribution in [0, 0.1) is 6.92 Å². The Morgan fingerprint density at radius 2 is 1.91 bits per heavy atom. The second kappa shape index (κ2) is 5.48. The molecule has 0 aliphatic heterocycles. The lowest BCUT2D eigenvalue weighted by atomic mass is 10.0. The maximum Gasteiger partial charge on any atom is 0.336 e. The first-order valence-electron chi connectivity index (χ1n) is 6.88. The predicted octanol–water partition coefficient (Wildman–Crippen LogP) is 3.92. The standard InChI is InChI=1S/C18H15NO3/c1-11-5-3-4-6-13(11)17-10-15(18(20)21)14-9-12(22-2)7-8-16(14)19-17/h3-10H,1-2H3,(H,20,21). The summed E-state index contributed by atoms with van der Waals surface area (Å²) >= 11 is 0. The van der Waals surface area contributed by atoms with Crippen LogP contribution in [0.25, 0.3) is 22.2 Å². The highest BCUT2D eigenvalue weighted by molar-refractivity contribution is 6.04. The van der Waals surface area contributed by atoms with Crippen LogP contribution in [-0.2, 0) is 0 Å². The smallest absolute Gasteiger partial charge is 0.336 e. The third-order valence-electron chi connectivity index (χ3n) is 3.67. The zero-order valence-electron chi connectivity index (χ0n) is 12.3. The van der Waals surface area contributed by atoms with Crippen LogP contribution in [0.4, 0.5) is 0 Å². The summed E-state index contributed by atoms with van der Waals surface area (Å²) in [6.45, 7) is 1.98. The Labute approximate surface area is 128 Å². The number of fused-ring (bicyclic) bond motifs is 1. The number of carboxylic acid groups (broad SMARTS) is 1. The first-order chi connectivity index (χ1) is 10.6. The van der Waals surface area contributed by atoms with Crippen molar-refractivity contribution >= 4 is 16.9 Å². The topological polar surface area (TPSA) is 59.4 Å². The zero-order chi connectivity index (χ0) is 15.7. The number of nitrogens with zero attached hydrogens (tertiary/aromatic N) is 1. The average molecular weight is 293 g/mol. The largest absolute Gasteiger partial charge is 0.497 e. The molecule has 0 aliphatic rings. The number of rotatable bonds is 3. The van der Waals surface area contributed by atoms with Crippen LogP contribution in [0.3, 0.4) is 0 Å². The lowest BCUT2D eigenvalue weighted by molar-refractivity contribution is 0.0699. The van der Waals surface area contributed by atoms with E-state index in [1.807, 2.05) is 31.2 Å². The fourth-order valence-corrected chi connectivity index (χ4v) is 2.51. The minimum absolute atomic E-state index is 0.224. The van der Waals surface area contributed by atoms with E-state index < -0.39 is 5.97 Å². The van der Waals surface area contributed by atoms with Crippen LogP contribution in [0.5, 0.6) is 5.75 Å².